The number of rotatable bonds is 3. The van der Waals surface area contributed by atoms with E-state index < -0.39 is 5.91 Å². The van der Waals surface area contributed by atoms with E-state index >= 15 is 0 Å². The summed E-state index contributed by atoms with van der Waals surface area (Å²) in [6, 6.07) is 8.16. The first kappa shape index (κ1) is 12.4. The minimum Gasteiger partial charge on any atom is -0.508 e. The molecule has 1 aromatic carbocycles. The summed E-state index contributed by atoms with van der Waals surface area (Å²) in [7, 11) is 0. The van der Waals surface area contributed by atoms with Gasteiger partial charge in [-0.15, -0.1) is 0 Å². The fraction of sp³-hybridized carbons (Fsp3) is 0. The maximum absolute atomic E-state index is 12.0. The number of hydrogen-bond donors (Lipinski definition) is 2. The largest absolute Gasteiger partial charge is 0.508 e. The predicted molar refractivity (Wildman–Crippen MR) is 75.9 cm³/mol. The summed E-state index contributed by atoms with van der Waals surface area (Å²) in [5.41, 5.74) is 1.33. The molecule has 3 aromatic rings. The quantitative estimate of drug-likeness (QED) is 0.774. The van der Waals surface area contributed by atoms with Crippen molar-refractivity contribution in [2.75, 3.05) is 5.32 Å². The molecule has 0 fully saturated rings. The Kier molecular flexibility index (Phi) is 3.22. The third-order valence-electron chi connectivity index (χ3n) is 2.60. The highest BCUT2D eigenvalue weighted by Gasteiger charge is 2.14. The number of benzene rings is 1. The number of nitrogens with one attached hydrogen (secondary N) is 1. The van der Waals surface area contributed by atoms with E-state index in [4.69, 9.17) is 4.42 Å². The van der Waals surface area contributed by atoms with Gasteiger partial charge in [0, 0.05) is 22.7 Å². The Labute approximate surface area is 118 Å². The van der Waals surface area contributed by atoms with Crippen LogP contribution in [0.5, 0.6) is 5.75 Å². The van der Waals surface area contributed by atoms with Crippen LogP contribution in [0.3, 0.4) is 0 Å². The number of anilines is 1. The van der Waals surface area contributed by atoms with Gasteiger partial charge in [-0.2, -0.15) is 11.3 Å². The summed E-state index contributed by atoms with van der Waals surface area (Å²) in [6.07, 6.45) is 1.38. The SMILES string of the molecule is O=C(Nc1cccc(O)c1)c1cnc(-c2ccsc2)o1. The fourth-order valence-electron chi connectivity index (χ4n) is 1.68. The number of aromatic nitrogens is 1. The maximum atomic E-state index is 12.0. The third-order valence-corrected chi connectivity index (χ3v) is 3.28. The van der Waals surface area contributed by atoms with Crippen molar-refractivity contribution in [1.82, 2.24) is 4.98 Å². The molecule has 5 nitrogen and oxygen atoms in total. The van der Waals surface area contributed by atoms with Gasteiger partial charge in [0.25, 0.3) is 5.91 Å². The molecule has 20 heavy (non-hydrogen) atoms. The van der Waals surface area contributed by atoms with Gasteiger partial charge in [-0.1, -0.05) is 6.07 Å². The zero-order valence-corrected chi connectivity index (χ0v) is 11.1. The number of phenols is 1. The summed E-state index contributed by atoms with van der Waals surface area (Å²) in [5, 5.41) is 15.8. The molecule has 1 amide bonds. The van der Waals surface area contributed by atoms with E-state index in [1.54, 1.807) is 12.1 Å². The molecule has 6 heteroatoms. The van der Waals surface area contributed by atoms with Gasteiger partial charge in [0.15, 0.2) is 0 Å². The molecule has 0 unspecified atom stereocenters. The normalized spacial score (nSPS) is 10.4. The Morgan fingerprint density at radius 2 is 2.25 bits per heavy atom. The van der Waals surface area contributed by atoms with Gasteiger partial charge in [-0.05, 0) is 23.6 Å². The van der Waals surface area contributed by atoms with Crippen LogP contribution in [-0.2, 0) is 0 Å². The third kappa shape index (κ3) is 2.55. The van der Waals surface area contributed by atoms with E-state index in [0.29, 0.717) is 11.6 Å². The number of carbonyl (C=O) groups is 1. The Morgan fingerprint density at radius 1 is 1.35 bits per heavy atom. The van der Waals surface area contributed by atoms with Crippen LogP contribution in [0.2, 0.25) is 0 Å². The van der Waals surface area contributed by atoms with Crippen LogP contribution in [0.1, 0.15) is 10.6 Å². The first-order chi connectivity index (χ1) is 9.72. The van der Waals surface area contributed by atoms with Crippen molar-refractivity contribution in [3.05, 3.63) is 53.0 Å². The van der Waals surface area contributed by atoms with Crippen LogP contribution >= 0.6 is 11.3 Å². The lowest BCUT2D eigenvalue weighted by Gasteiger charge is -2.02. The van der Waals surface area contributed by atoms with E-state index in [9.17, 15) is 9.90 Å². The van der Waals surface area contributed by atoms with E-state index in [-0.39, 0.29) is 11.5 Å². The monoisotopic (exact) mass is 286 g/mol. The van der Waals surface area contributed by atoms with Gasteiger partial charge in [-0.3, -0.25) is 4.79 Å². The average Bonchev–Trinajstić information content (AvgIpc) is 3.10. The summed E-state index contributed by atoms with van der Waals surface area (Å²) < 4.78 is 5.41. The minimum atomic E-state index is -0.412. The van der Waals surface area contributed by atoms with Gasteiger partial charge in [0.05, 0.1) is 6.20 Å². The molecular formula is C14H10N2O3S. The molecule has 0 spiro atoms. The summed E-state index contributed by atoms with van der Waals surface area (Å²) in [6.45, 7) is 0. The molecule has 2 heterocycles. The molecule has 0 atom stereocenters. The molecule has 0 aliphatic heterocycles. The first-order valence-electron chi connectivity index (χ1n) is 5.81. The maximum Gasteiger partial charge on any atom is 0.293 e. The van der Waals surface area contributed by atoms with Crippen molar-refractivity contribution < 1.29 is 14.3 Å². The van der Waals surface area contributed by atoms with Crippen molar-refractivity contribution in [2.24, 2.45) is 0 Å². The van der Waals surface area contributed by atoms with Crippen molar-refractivity contribution in [1.29, 1.82) is 0 Å². The molecule has 100 valence electrons. The van der Waals surface area contributed by atoms with Gasteiger partial charge in [0.1, 0.15) is 5.75 Å². The van der Waals surface area contributed by atoms with E-state index in [1.807, 2.05) is 16.8 Å². The molecule has 0 saturated heterocycles. The number of nitrogens with zero attached hydrogens (tertiary/aromatic N) is 1. The summed E-state index contributed by atoms with van der Waals surface area (Å²) in [4.78, 5) is 16.1. The zero-order valence-electron chi connectivity index (χ0n) is 10.2. The second-order valence-corrected chi connectivity index (χ2v) is 4.83. The number of thiophene rings is 1. The fourth-order valence-corrected chi connectivity index (χ4v) is 2.30. The van der Waals surface area contributed by atoms with Gasteiger partial charge < -0.3 is 14.8 Å². The number of hydrogen-bond acceptors (Lipinski definition) is 5. The lowest BCUT2D eigenvalue weighted by Crippen LogP contribution is -2.10. The van der Waals surface area contributed by atoms with E-state index in [2.05, 4.69) is 10.3 Å². The van der Waals surface area contributed by atoms with E-state index in [1.165, 1.54) is 29.7 Å². The summed E-state index contributed by atoms with van der Waals surface area (Å²) in [5.74, 6) is 0.200. The Balaban J connectivity index is 1.78. The number of oxazole rings is 1. The predicted octanol–water partition coefficient (Wildman–Crippen LogP) is 3.36. The molecular weight excluding hydrogens is 276 g/mol. The van der Waals surface area contributed by atoms with Gasteiger partial charge in [0.2, 0.25) is 11.7 Å². The first-order valence-corrected chi connectivity index (χ1v) is 6.75. The number of amides is 1. The van der Waals surface area contributed by atoms with Crippen LogP contribution in [0.4, 0.5) is 5.69 Å². The molecule has 2 aromatic heterocycles. The van der Waals surface area contributed by atoms with Crippen LogP contribution in [0.25, 0.3) is 11.5 Å². The average molecular weight is 286 g/mol. The molecule has 3 rings (SSSR count). The van der Waals surface area contributed by atoms with Crippen molar-refractivity contribution in [3.63, 3.8) is 0 Å². The van der Waals surface area contributed by atoms with E-state index in [0.717, 1.165) is 5.56 Å². The topological polar surface area (TPSA) is 75.4 Å². The smallest absolute Gasteiger partial charge is 0.293 e. The second kappa shape index (κ2) is 5.18. The molecule has 0 aliphatic rings. The zero-order chi connectivity index (χ0) is 13.9. The molecule has 0 radical (unpaired) electrons. The lowest BCUT2D eigenvalue weighted by molar-refractivity contribution is 0.0997. The molecule has 0 aliphatic carbocycles. The van der Waals surface area contributed by atoms with Crippen LogP contribution in [-0.4, -0.2) is 16.0 Å². The number of carbonyl (C=O) groups excluding carboxylic acids is 1. The van der Waals surface area contributed by atoms with Gasteiger partial charge >= 0.3 is 0 Å². The van der Waals surface area contributed by atoms with Crippen molar-refractivity contribution in [3.8, 4) is 17.2 Å². The van der Waals surface area contributed by atoms with Crippen LogP contribution in [0, 0.1) is 0 Å². The lowest BCUT2D eigenvalue weighted by atomic mass is 10.3. The second-order valence-electron chi connectivity index (χ2n) is 4.05. The highest BCUT2D eigenvalue weighted by molar-refractivity contribution is 7.08. The molecule has 0 bridgehead atoms. The van der Waals surface area contributed by atoms with Crippen molar-refractivity contribution >= 4 is 22.9 Å². The van der Waals surface area contributed by atoms with Gasteiger partial charge in [-0.25, -0.2) is 4.98 Å². The minimum absolute atomic E-state index is 0.0827. The molecule has 0 saturated carbocycles. The summed E-state index contributed by atoms with van der Waals surface area (Å²) >= 11 is 1.53. The number of phenolic OH excluding ortho intramolecular Hbond substituents is 1. The Bertz CT molecular complexity index is 734. The Morgan fingerprint density at radius 3 is 3.00 bits per heavy atom. The highest BCUT2D eigenvalue weighted by atomic mass is 32.1. The van der Waals surface area contributed by atoms with Crippen LogP contribution < -0.4 is 5.32 Å². The van der Waals surface area contributed by atoms with Crippen LogP contribution in [0.15, 0.2) is 51.7 Å². The highest BCUT2D eigenvalue weighted by Crippen LogP contribution is 2.22. The number of aromatic hydroxyl groups is 1. The standard InChI is InChI=1S/C14H10N2O3S/c17-11-3-1-2-10(6-11)16-13(18)12-7-15-14(19-12)9-4-5-20-8-9/h1-8,17H,(H,16,18). The van der Waals surface area contributed by atoms with Crippen molar-refractivity contribution in [2.45, 2.75) is 0 Å². The Hall–Kier alpha value is -2.60. The molecule has 2 N–H and O–H groups in total.